The molecule has 4 rings (SSSR count). The summed E-state index contributed by atoms with van der Waals surface area (Å²) in [5.74, 6) is -0.272. The van der Waals surface area contributed by atoms with Crippen molar-refractivity contribution in [2.75, 3.05) is 36.4 Å². The van der Waals surface area contributed by atoms with Gasteiger partial charge in [0.2, 0.25) is 10.0 Å². The van der Waals surface area contributed by atoms with Crippen molar-refractivity contribution in [2.45, 2.75) is 50.8 Å². The lowest BCUT2D eigenvalue weighted by molar-refractivity contribution is 0.102. The quantitative estimate of drug-likeness (QED) is 0.750. The van der Waals surface area contributed by atoms with Crippen molar-refractivity contribution in [3.8, 4) is 0 Å². The number of hydrogen-bond acceptors (Lipinski definition) is 4. The van der Waals surface area contributed by atoms with Crippen molar-refractivity contribution in [2.24, 2.45) is 0 Å². The highest BCUT2D eigenvalue weighted by Gasteiger charge is 2.29. The van der Waals surface area contributed by atoms with Gasteiger partial charge in [0.1, 0.15) is 0 Å². The number of amides is 1. The van der Waals surface area contributed by atoms with Gasteiger partial charge in [-0.1, -0.05) is 18.6 Å². The summed E-state index contributed by atoms with van der Waals surface area (Å²) in [5, 5.41) is 3.02. The number of nitrogens with one attached hydrogen (secondary N) is 1. The number of carbonyl (C=O) groups excluding carboxylic acids is 1. The average molecular weight is 442 g/mol. The van der Waals surface area contributed by atoms with Crippen molar-refractivity contribution in [3.63, 3.8) is 0 Å². The Morgan fingerprint density at radius 1 is 0.903 bits per heavy atom. The van der Waals surface area contributed by atoms with E-state index in [1.807, 2.05) is 32.0 Å². The zero-order valence-electron chi connectivity index (χ0n) is 18.4. The molecule has 7 heteroatoms. The van der Waals surface area contributed by atoms with Crippen LogP contribution in [0.25, 0.3) is 0 Å². The Labute approximate surface area is 185 Å². The lowest BCUT2D eigenvalue weighted by Gasteiger charge is -2.27. The third kappa shape index (κ3) is 4.48. The molecule has 0 aromatic heterocycles. The minimum Gasteiger partial charge on any atom is -0.371 e. The van der Waals surface area contributed by atoms with Crippen molar-refractivity contribution >= 4 is 27.3 Å². The molecule has 2 fully saturated rings. The first-order chi connectivity index (χ1) is 14.9. The molecule has 1 N–H and O–H groups in total. The molecule has 2 saturated heterocycles. The van der Waals surface area contributed by atoms with Gasteiger partial charge in [-0.15, -0.1) is 0 Å². The van der Waals surface area contributed by atoms with Gasteiger partial charge in [-0.05, 0) is 74.9 Å². The Hall–Kier alpha value is -2.38. The van der Waals surface area contributed by atoms with E-state index >= 15 is 0 Å². The first-order valence-corrected chi connectivity index (χ1v) is 12.6. The fourth-order valence-electron chi connectivity index (χ4n) is 4.42. The molecule has 2 heterocycles. The zero-order chi connectivity index (χ0) is 22.0. The molecule has 0 radical (unpaired) electrons. The van der Waals surface area contributed by atoms with E-state index in [-0.39, 0.29) is 10.8 Å². The van der Waals surface area contributed by atoms with Gasteiger partial charge in [-0.25, -0.2) is 8.42 Å². The van der Waals surface area contributed by atoms with Crippen molar-refractivity contribution in [3.05, 3.63) is 53.1 Å². The fourth-order valence-corrected chi connectivity index (χ4v) is 5.97. The molecule has 2 aromatic carbocycles. The van der Waals surface area contributed by atoms with Crippen LogP contribution in [0.3, 0.4) is 0 Å². The minimum absolute atomic E-state index is 0.198. The number of sulfonamides is 1. The molecule has 1 amide bonds. The van der Waals surface area contributed by atoms with E-state index in [4.69, 9.17) is 0 Å². The molecule has 0 unspecified atom stereocenters. The Morgan fingerprint density at radius 2 is 1.58 bits per heavy atom. The lowest BCUT2D eigenvalue weighted by atomic mass is 10.1. The summed E-state index contributed by atoms with van der Waals surface area (Å²) >= 11 is 0. The predicted molar refractivity (Wildman–Crippen MR) is 124 cm³/mol. The molecule has 166 valence electrons. The summed E-state index contributed by atoms with van der Waals surface area (Å²) in [4.78, 5) is 15.7. The summed E-state index contributed by atoms with van der Waals surface area (Å²) in [6.45, 7) is 6.82. The monoisotopic (exact) mass is 441 g/mol. The van der Waals surface area contributed by atoms with Crippen LogP contribution in [0.2, 0.25) is 0 Å². The van der Waals surface area contributed by atoms with Gasteiger partial charge >= 0.3 is 0 Å². The van der Waals surface area contributed by atoms with E-state index < -0.39 is 10.0 Å². The molecular weight excluding hydrogens is 410 g/mol. The second-order valence-electron chi connectivity index (χ2n) is 8.54. The van der Waals surface area contributed by atoms with Crippen LogP contribution in [0, 0.1) is 13.8 Å². The van der Waals surface area contributed by atoms with E-state index in [1.54, 1.807) is 22.5 Å². The highest BCUT2D eigenvalue weighted by atomic mass is 32.2. The smallest absolute Gasteiger partial charge is 0.257 e. The molecule has 0 spiro atoms. The van der Waals surface area contributed by atoms with E-state index in [1.165, 1.54) is 0 Å². The summed E-state index contributed by atoms with van der Waals surface area (Å²) in [6.07, 6.45) is 4.97. The van der Waals surface area contributed by atoms with Gasteiger partial charge in [0.15, 0.2) is 0 Å². The maximum absolute atomic E-state index is 13.4. The summed E-state index contributed by atoms with van der Waals surface area (Å²) in [6, 6.07) is 10.8. The fraction of sp³-hybridized carbons (Fsp3) is 0.458. The van der Waals surface area contributed by atoms with E-state index in [2.05, 4.69) is 10.2 Å². The topological polar surface area (TPSA) is 69.7 Å². The first kappa shape index (κ1) is 21.8. The molecular formula is C24H31N3O3S. The highest BCUT2D eigenvalue weighted by molar-refractivity contribution is 7.89. The zero-order valence-corrected chi connectivity index (χ0v) is 19.2. The van der Waals surface area contributed by atoms with E-state index in [0.29, 0.717) is 18.7 Å². The van der Waals surface area contributed by atoms with Gasteiger partial charge in [0.05, 0.1) is 10.5 Å². The largest absolute Gasteiger partial charge is 0.371 e. The van der Waals surface area contributed by atoms with Gasteiger partial charge in [0.25, 0.3) is 5.91 Å². The number of piperidine rings is 1. The Balaban J connectivity index is 1.71. The third-order valence-electron chi connectivity index (χ3n) is 6.47. The maximum Gasteiger partial charge on any atom is 0.257 e. The molecule has 0 bridgehead atoms. The van der Waals surface area contributed by atoms with Gasteiger partial charge in [0, 0.05) is 37.6 Å². The van der Waals surface area contributed by atoms with E-state index in [9.17, 15) is 13.2 Å². The first-order valence-electron chi connectivity index (χ1n) is 11.1. The molecule has 0 saturated carbocycles. The number of benzene rings is 2. The molecule has 6 nitrogen and oxygen atoms in total. The number of hydrogen-bond donors (Lipinski definition) is 1. The summed E-state index contributed by atoms with van der Waals surface area (Å²) < 4.78 is 28.0. The Morgan fingerprint density at radius 3 is 2.29 bits per heavy atom. The van der Waals surface area contributed by atoms with Crippen molar-refractivity contribution < 1.29 is 13.2 Å². The second-order valence-corrected chi connectivity index (χ2v) is 10.5. The normalized spacial score (nSPS) is 17.7. The van der Waals surface area contributed by atoms with Gasteiger partial charge in [-0.2, -0.15) is 4.31 Å². The van der Waals surface area contributed by atoms with Gasteiger partial charge in [-0.3, -0.25) is 4.79 Å². The Bertz CT molecular complexity index is 1070. The molecule has 31 heavy (non-hydrogen) atoms. The van der Waals surface area contributed by atoms with Crippen LogP contribution in [0.15, 0.2) is 41.3 Å². The lowest BCUT2D eigenvalue weighted by Crippen LogP contribution is -2.35. The minimum atomic E-state index is -3.61. The number of nitrogens with zero attached hydrogens (tertiary/aromatic N) is 2. The van der Waals surface area contributed by atoms with Crippen LogP contribution in [-0.4, -0.2) is 44.8 Å². The van der Waals surface area contributed by atoms with Crippen LogP contribution >= 0.6 is 0 Å². The van der Waals surface area contributed by atoms with Crippen molar-refractivity contribution in [1.82, 2.24) is 4.31 Å². The van der Waals surface area contributed by atoms with Crippen LogP contribution in [0.1, 0.15) is 53.6 Å². The molecule has 0 aliphatic carbocycles. The molecule has 2 aromatic rings. The third-order valence-corrected chi connectivity index (χ3v) is 8.36. The molecule has 2 aliphatic heterocycles. The number of anilines is 2. The number of carbonyl (C=O) groups is 1. The average Bonchev–Trinajstić information content (AvgIpc) is 3.32. The van der Waals surface area contributed by atoms with E-state index in [0.717, 1.165) is 67.7 Å². The predicted octanol–water partition coefficient (Wildman–Crippen LogP) is 4.33. The van der Waals surface area contributed by atoms with Crippen LogP contribution < -0.4 is 10.2 Å². The van der Waals surface area contributed by atoms with Crippen LogP contribution in [0.4, 0.5) is 11.4 Å². The standard InChI is InChI=1S/C24H31N3O3S/c1-18-9-8-10-22(19(18)2)25-24(28)21-17-20(11-12-23(21)26-13-6-7-14-26)31(29,30)27-15-4-3-5-16-27/h8-12,17H,3-7,13-16H2,1-2H3,(H,25,28). The van der Waals surface area contributed by atoms with Crippen molar-refractivity contribution in [1.29, 1.82) is 0 Å². The summed E-state index contributed by atoms with van der Waals surface area (Å²) in [5.41, 5.74) is 4.08. The Kier molecular flexibility index (Phi) is 6.34. The van der Waals surface area contributed by atoms with Crippen LogP contribution in [-0.2, 0) is 10.0 Å². The molecule has 0 atom stereocenters. The van der Waals surface area contributed by atoms with Crippen LogP contribution in [0.5, 0.6) is 0 Å². The second kappa shape index (κ2) is 9.01. The van der Waals surface area contributed by atoms with Gasteiger partial charge < -0.3 is 10.2 Å². The number of aryl methyl sites for hydroxylation is 1. The summed E-state index contributed by atoms with van der Waals surface area (Å²) in [7, 11) is -3.61. The molecule has 2 aliphatic rings. The number of rotatable bonds is 5. The SMILES string of the molecule is Cc1cccc(NC(=O)c2cc(S(=O)(=O)N3CCCCC3)ccc2N2CCCC2)c1C. The highest BCUT2D eigenvalue weighted by Crippen LogP contribution is 2.30. The maximum atomic E-state index is 13.4.